The molecule has 0 saturated carbocycles. The molecule has 0 amide bonds. The molecular weight excluding hydrogens is 729 g/mol. The number of nitrogens with zero attached hydrogens (tertiary/aromatic N) is 4. The van der Waals surface area contributed by atoms with Crippen LogP contribution in [0.1, 0.15) is 32.4 Å². The third-order valence-electron chi connectivity index (χ3n) is 11.9. The van der Waals surface area contributed by atoms with Gasteiger partial charge in [-0.25, -0.2) is 19.9 Å². The second-order valence-corrected chi connectivity index (χ2v) is 15.9. The van der Waals surface area contributed by atoms with Gasteiger partial charge in [0.1, 0.15) is 0 Å². The average Bonchev–Trinajstić information content (AvgIpc) is 3.53. The van der Waals surface area contributed by atoms with Gasteiger partial charge in [-0.2, -0.15) is 0 Å². The minimum Gasteiger partial charge on any atom is -0.248 e. The van der Waals surface area contributed by atoms with E-state index in [0.29, 0.717) is 17.5 Å². The van der Waals surface area contributed by atoms with E-state index in [0.717, 1.165) is 61.1 Å². The van der Waals surface area contributed by atoms with Gasteiger partial charge in [-0.15, -0.1) is 0 Å². The third-order valence-corrected chi connectivity index (χ3v) is 11.9. The van der Waals surface area contributed by atoms with Crippen LogP contribution < -0.4 is 0 Å². The molecule has 0 radical (unpaired) electrons. The van der Waals surface area contributed by atoms with Crippen molar-refractivity contribution >= 4 is 21.7 Å². The lowest BCUT2D eigenvalue weighted by Gasteiger charge is -2.22. The summed E-state index contributed by atoms with van der Waals surface area (Å²) in [5.74, 6) is 1.85. The minimum absolute atomic E-state index is 0. The molecule has 0 spiro atoms. The van der Waals surface area contributed by atoms with E-state index in [2.05, 4.69) is 172 Å². The number of benzene rings is 8. The molecule has 0 fully saturated rings. The number of rotatable bonds is 6. The third kappa shape index (κ3) is 6.34. The first kappa shape index (κ1) is 36.8. The number of hydrogen-bond donors (Lipinski definition) is 0. The molecule has 0 aliphatic heterocycles. The van der Waals surface area contributed by atoms with Gasteiger partial charge in [0.2, 0.25) is 0 Å². The fourth-order valence-corrected chi connectivity index (χ4v) is 8.80. The Bertz CT molecular complexity index is 3240. The highest BCUT2D eigenvalue weighted by molar-refractivity contribution is 6.03. The molecule has 0 N–H and O–H groups in total. The molecule has 1 aliphatic rings. The van der Waals surface area contributed by atoms with Crippen molar-refractivity contribution in [2.45, 2.75) is 26.7 Å². The Morgan fingerprint density at radius 2 is 0.900 bits per heavy atom. The van der Waals surface area contributed by atoms with Gasteiger partial charge in [0.25, 0.3) is 0 Å². The van der Waals surface area contributed by atoms with Crippen LogP contribution in [-0.4, -0.2) is 19.9 Å². The molecule has 2 heterocycles. The van der Waals surface area contributed by atoms with Crippen molar-refractivity contribution in [1.82, 2.24) is 19.9 Å². The first-order chi connectivity index (χ1) is 29.0. The van der Waals surface area contributed by atoms with Crippen molar-refractivity contribution in [3.05, 3.63) is 205 Å². The summed E-state index contributed by atoms with van der Waals surface area (Å²) in [6.07, 6.45) is 0. The van der Waals surface area contributed by atoms with Gasteiger partial charge >= 0.3 is 0 Å². The highest BCUT2D eigenvalue weighted by atomic mass is 15.0. The lowest BCUT2D eigenvalue weighted by Crippen LogP contribution is -2.14. The molecule has 286 valence electrons. The summed E-state index contributed by atoms with van der Waals surface area (Å²) in [5, 5.41) is 3.57. The van der Waals surface area contributed by atoms with Crippen LogP contribution in [-0.2, 0) is 5.41 Å². The summed E-state index contributed by atoms with van der Waals surface area (Å²) in [6, 6.07) is 68.5. The Morgan fingerprint density at radius 1 is 0.333 bits per heavy atom. The topological polar surface area (TPSA) is 51.6 Å². The number of hydrogen-bond acceptors (Lipinski definition) is 4. The molecule has 0 saturated heterocycles. The SMILES string of the molecule is C.CC1(C)c2ccccc2-c2cc3c(-c4ccc5ccccc5c4)cc(-c4cccc(-c5nc(-c6ccccc6)nc(-c6cccc(-c7ccccc7)c6)n5)c4)nc3cc21. The summed E-state index contributed by atoms with van der Waals surface area (Å²) in [4.78, 5) is 20.7. The Labute approximate surface area is 351 Å². The van der Waals surface area contributed by atoms with E-state index >= 15 is 0 Å². The second-order valence-electron chi connectivity index (χ2n) is 15.9. The Balaban J connectivity index is 0.00000433. The van der Waals surface area contributed by atoms with Crippen molar-refractivity contribution in [2.24, 2.45) is 0 Å². The molecule has 4 nitrogen and oxygen atoms in total. The standard InChI is InChI=1S/C55H38N4.CH4/c1-55(2)48-26-12-11-25-44(48)46-32-47-45(40-28-27-36-17-9-10-20-38(36)29-40)33-50(56-51(47)34-49(46)55)41-22-14-24-43(31-41)54-58-52(37-18-7-4-8-19-37)57-53(59-54)42-23-13-21-39(30-42)35-15-5-3-6-16-35;/h3-34H,1-2H3;1H4. The van der Waals surface area contributed by atoms with Gasteiger partial charge in [0.05, 0.1) is 11.2 Å². The van der Waals surface area contributed by atoms with E-state index in [1.807, 2.05) is 36.4 Å². The zero-order valence-electron chi connectivity index (χ0n) is 32.8. The van der Waals surface area contributed by atoms with Crippen molar-refractivity contribution in [3.63, 3.8) is 0 Å². The number of aromatic nitrogens is 4. The maximum atomic E-state index is 5.45. The molecule has 0 atom stereocenters. The van der Waals surface area contributed by atoms with Gasteiger partial charge in [-0.05, 0) is 91.7 Å². The Morgan fingerprint density at radius 3 is 1.63 bits per heavy atom. The average molecular weight is 771 g/mol. The monoisotopic (exact) mass is 770 g/mol. The summed E-state index contributed by atoms with van der Waals surface area (Å²) < 4.78 is 0. The molecule has 1 aliphatic carbocycles. The van der Waals surface area contributed by atoms with E-state index in [1.54, 1.807) is 0 Å². The smallest absolute Gasteiger partial charge is 0.164 e. The molecule has 60 heavy (non-hydrogen) atoms. The van der Waals surface area contributed by atoms with Gasteiger partial charge in [-0.1, -0.05) is 179 Å². The van der Waals surface area contributed by atoms with Crippen molar-refractivity contribution in [3.8, 4) is 78.8 Å². The van der Waals surface area contributed by atoms with Crippen LogP contribution in [0.2, 0.25) is 0 Å². The fraction of sp³-hybridized carbons (Fsp3) is 0.0714. The predicted molar refractivity (Wildman–Crippen MR) is 250 cm³/mol. The van der Waals surface area contributed by atoms with Crippen molar-refractivity contribution < 1.29 is 0 Å². The van der Waals surface area contributed by atoms with Crippen LogP contribution in [0.4, 0.5) is 0 Å². The first-order valence-corrected chi connectivity index (χ1v) is 20.1. The van der Waals surface area contributed by atoms with Crippen LogP contribution in [0, 0.1) is 0 Å². The highest BCUT2D eigenvalue weighted by Gasteiger charge is 2.36. The van der Waals surface area contributed by atoms with E-state index < -0.39 is 0 Å². The lowest BCUT2D eigenvalue weighted by atomic mass is 9.82. The quantitative estimate of drug-likeness (QED) is 0.169. The normalized spacial score (nSPS) is 12.5. The summed E-state index contributed by atoms with van der Waals surface area (Å²) in [5.41, 5.74) is 15.3. The maximum absolute atomic E-state index is 5.45. The zero-order valence-corrected chi connectivity index (χ0v) is 32.8. The van der Waals surface area contributed by atoms with Crippen LogP contribution in [0.5, 0.6) is 0 Å². The second kappa shape index (κ2) is 14.7. The lowest BCUT2D eigenvalue weighted by molar-refractivity contribution is 0.661. The molecule has 11 rings (SSSR count). The van der Waals surface area contributed by atoms with Crippen LogP contribution in [0.15, 0.2) is 194 Å². The number of pyridine rings is 1. The minimum atomic E-state index is -0.145. The van der Waals surface area contributed by atoms with Crippen LogP contribution >= 0.6 is 0 Å². The van der Waals surface area contributed by atoms with Crippen molar-refractivity contribution in [2.75, 3.05) is 0 Å². The fourth-order valence-electron chi connectivity index (χ4n) is 8.80. The zero-order chi connectivity index (χ0) is 39.5. The van der Waals surface area contributed by atoms with Gasteiger partial charge < -0.3 is 0 Å². The number of fused-ring (bicyclic) bond motifs is 5. The predicted octanol–water partition coefficient (Wildman–Crippen LogP) is 14.5. The highest BCUT2D eigenvalue weighted by Crippen LogP contribution is 2.50. The molecule has 4 heteroatoms. The first-order valence-electron chi connectivity index (χ1n) is 20.1. The molecule has 0 unspecified atom stereocenters. The van der Waals surface area contributed by atoms with Gasteiger partial charge in [-0.3, -0.25) is 0 Å². The summed E-state index contributed by atoms with van der Waals surface area (Å²) in [6.45, 7) is 4.65. The van der Waals surface area contributed by atoms with Gasteiger partial charge in [0.15, 0.2) is 17.5 Å². The van der Waals surface area contributed by atoms with Crippen LogP contribution in [0.3, 0.4) is 0 Å². The van der Waals surface area contributed by atoms with Crippen LogP contribution in [0.25, 0.3) is 100 Å². The van der Waals surface area contributed by atoms with E-state index in [9.17, 15) is 0 Å². The van der Waals surface area contributed by atoms with Gasteiger partial charge in [0, 0.05) is 33.1 Å². The largest absolute Gasteiger partial charge is 0.248 e. The summed E-state index contributed by atoms with van der Waals surface area (Å²) >= 11 is 0. The Hall–Kier alpha value is -7.56. The molecule has 2 aromatic heterocycles. The van der Waals surface area contributed by atoms with Crippen molar-refractivity contribution in [1.29, 1.82) is 0 Å². The maximum Gasteiger partial charge on any atom is 0.164 e. The van der Waals surface area contributed by atoms with E-state index in [4.69, 9.17) is 19.9 Å². The molecule has 10 aromatic rings. The van der Waals surface area contributed by atoms with E-state index in [-0.39, 0.29) is 12.8 Å². The molecule has 0 bridgehead atoms. The molecular formula is C56H42N4. The molecule has 8 aromatic carbocycles. The summed E-state index contributed by atoms with van der Waals surface area (Å²) in [7, 11) is 0. The Kier molecular flexibility index (Phi) is 8.99. The van der Waals surface area contributed by atoms with E-state index in [1.165, 1.54) is 33.0 Å².